The Hall–Kier alpha value is -1.42. The van der Waals surface area contributed by atoms with E-state index in [9.17, 15) is 0 Å². The van der Waals surface area contributed by atoms with Gasteiger partial charge in [0.15, 0.2) is 5.65 Å². The minimum atomic E-state index is 0.673. The highest BCUT2D eigenvalue weighted by molar-refractivity contribution is 5.71. The van der Waals surface area contributed by atoms with Crippen molar-refractivity contribution in [2.75, 3.05) is 6.54 Å². The molecule has 3 rings (SSSR count). The van der Waals surface area contributed by atoms with Crippen molar-refractivity contribution in [2.24, 2.45) is 0 Å². The van der Waals surface area contributed by atoms with E-state index in [-0.39, 0.29) is 0 Å². The second-order valence-electron chi connectivity index (χ2n) is 5.71. The fourth-order valence-corrected chi connectivity index (χ4v) is 3.13. The molecule has 2 aromatic rings. The van der Waals surface area contributed by atoms with Crippen molar-refractivity contribution in [1.29, 1.82) is 0 Å². The van der Waals surface area contributed by atoms with Gasteiger partial charge in [-0.3, -0.25) is 0 Å². The zero-order chi connectivity index (χ0) is 13.8. The predicted molar refractivity (Wildman–Crippen MR) is 81.8 cm³/mol. The van der Waals surface area contributed by atoms with Gasteiger partial charge in [0.1, 0.15) is 11.3 Å². The van der Waals surface area contributed by atoms with Crippen molar-refractivity contribution in [2.45, 2.75) is 58.0 Å². The predicted octanol–water partition coefficient (Wildman–Crippen LogP) is 2.92. The molecular weight excluding hydrogens is 248 g/mol. The molecular formula is C16H24N4. The number of rotatable bonds is 5. The van der Waals surface area contributed by atoms with Crippen molar-refractivity contribution in [3.8, 4) is 0 Å². The maximum absolute atomic E-state index is 4.79. The molecule has 4 heteroatoms. The average molecular weight is 272 g/mol. The van der Waals surface area contributed by atoms with Crippen LogP contribution in [0.2, 0.25) is 0 Å². The molecule has 20 heavy (non-hydrogen) atoms. The molecule has 3 heterocycles. The number of fused-ring (bicyclic) bond motifs is 1. The quantitative estimate of drug-likeness (QED) is 0.910. The van der Waals surface area contributed by atoms with Gasteiger partial charge in [-0.15, -0.1) is 0 Å². The number of hydrogen-bond acceptors (Lipinski definition) is 3. The van der Waals surface area contributed by atoms with Gasteiger partial charge in [0.2, 0.25) is 0 Å². The van der Waals surface area contributed by atoms with Crippen LogP contribution in [0.5, 0.6) is 0 Å². The minimum absolute atomic E-state index is 0.673. The van der Waals surface area contributed by atoms with Gasteiger partial charge in [-0.25, -0.2) is 9.97 Å². The first kappa shape index (κ1) is 13.6. The Morgan fingerprint density at radius 1 is 1.40 bits per heavy atom. The van der Waals surface area contributed by atoms with Crippen LogP contribution in [-0.4, -0.2) is 27.1 Å². The van der Waals surface area contributed by atoms with Gasteiger partial charge < -0.3 is 9.88 Å². The van der Waals surface area contributed by atoms with Crippen LogP contribution in [0.4, 0.5) is 0 Å². The number of nitrogens with one attached hydrogen (secondary N) is 1. The number of pyridine rings is 1. The van der Waals surface area contributed by atoms with Crippen molar-refractivity contribution in [1.82, 2.24) is 19.9 Å². The zero-order valence-electron chi connectivity index (χ0n) is 12.3. The first-order chi connectivity index (χ1) is 9.88. The first-order valence-electron chi connectivity index (χ1n) is 7.92. The molecule has 0 spiro atoms. The molecule has 1 N–H and O–H groups in total. The number of nitrogens with zero attached hydrogens (tertiary/aromatic N) is 3. The molecule has 1 aliphatic rings. The average Bonchev–Trinajstić information content (AvgIpc) is 2.85. The second-order valence-corrected chi connectivity index (χ2v) is 5.71. The van der Waals surface area contributed by atoms with Crippen LogP contribution in [0.1, 0.15) is 44.9 Å². The lowest BCUT2D eigenvalue weighted by Gasteiger charge is -2.23. The number of aryl methyl sites for hydroxylation is 2. The summed E-state index contributed by atoms with van der Waals surface area (Å²) >= 11 is 0. The Morgan fingerprint density at radius 2 is 2.35 bits per heavy atom. The molecule has 1 atom stereocenters. The Labute approximate surface area is 120 Å². The molecule has 1 aliphatic heterocycles. The number of hydrogen-bond donors (Lipinski definition) is 1. The molecule has 0 bridgehead atoms. The van der Waals surface area contributed by atoms with Gasteiger partial charge >= 0.3 is 0 Å². The van der Waals surface area contributed by atoms with Gasteiger partial charge in [-0.2, -0.15) is 0 Å². The van der Waals surface area contributed by atoms with Crippen LogP contribution in [0, 0.1) is 0 Å². The fourth-order valence-electron chi connectivity index (χ4n) is 3.13. The van der Waals surface area contributed by atoms with E-state index < -0.39 is 0 Å². The van der Waals surface area contributed by atoms with E-state index in [0.29, 0.717) is 6.04 Å². The van der Waals surface area contributed by atoms with Gasteiger partial charge in [0.25, 0.3) is 0 Å². The molecule has 1 fully saturated rings. The SMILES string of the molecule is CCCn1c(CCC2CCCCN2)nc2cccnc21. The molecule has 108 valence electrons. The Morgan fingerprint density at radius 3 is 3.15 bits per heavy atom. The third kappa shape index (κ3) is 2.85. The number of aromatic nitrogens is 3. The summed E-state index contributed by atoms with van der Waals surface area (Å²) in [7, 11) is 0. The van der Waals surface area contributed by atoms with Gasteiger partial charge in [-0.1, -0.05) is 13.3 Å². The topological polar surface area (TPSA) is 42.7 Å². The van der Waals surface area contributed by atoms with Crippen LogP contribution in [0.3, 0.4) is 0 Å². The summed E-state index contributed by atoms with van der Waals surface area (Å²) in [5, 5.41) is 3.62. The molecule has 0 radical (unpaired) electrons. The molecule has 0 aromatic carbocycles. The van der Waals surface area contributed by atoms with Gasteiger partial charge in [0, 0.05) is 25.2 Å². The first-order valence-corrected chi connectivity index (χ1v) is 7.92. The maximum Gasteiger partial charge on any atom is 0.159 e. The summed E-state index contributed by atoms with van der Waals surface area (Å²) in [5.74, 6) is 1.20. The lowest BCUT2D eigenvalue weighted by Crippen LogP contribution is -2.34. The summed E-state index contributed by atoms with van der Waals surface area (Å²) in [4.78, 5) is 9.29. The summed E-state index contributed by atoms with van der Waals surface area (Å²) < 4.78 is 2.30. The Bertz CT molecular complexity index is 555. The van der Waals surface area contributed by atoms with E-state index in [1.807, 2.05) is 12.3 Å². The van der Waals surface area contributed by atoms with Crippen molar-refractivity contribution in [3.63, 3.8) is 0 Å². The van der Waals surface area contributed by atoms with Crippen LogP contribution in [0.15, 0.2) is 18.3 Å². The van der Waals surface area contributed by atoms with Crippen LogP contribution in [-0.2, 0) is 13.0 Å². The molecule has 0 aliphatic carbocycles. The van der Waals surface area contributed by atoms with E-state index in [2.05, 4.69) is 27.9 Å². The van der Waals surface area contributed by atoms with E-state index >= 15 is 0 Å². The van der Waals surface area contributed by atoms with E-state index in [1.54, 1.807) is 0 Å². The van der Waals surface area contributed by atoms with Crippen LogP contribution in [0.25, 0.3) is 11.2 Å². The summed E-state index contributed by atoms with van der Waals surface area (Å²) in [6.07, 6.45) is 9.23. The van der Waals surface area contributed by atoms with Crippen molar-refractivity contribution >= 4 is 11.2 Å². The Balaban J connectivity index is 1.77. The molecule has 1 saturated heterocycles. The van der Waals surface area contributed by atoms with E-state index in [1.165, 1.54) is 38.1 Å². The molecule has 0 amide bonds. The minimum Gasteiger partial charge on any atom is -0.314 e. The smallest absolute Gasteiger partial charge is 0.159 e. The van der Waals surface area contributed by atoms with Gasteiger partial charge in [0.05, 0.1) is 0 Å². The van der Waals surface area contributed by atoms with Gasteiger partial charge in [-0.05, 0) is 44.4 Å². The summed E-state index contributed by atoms with van der Waals surface area (Å²) in [5.41, 5.74) is 2.08. The summed E-state index contributed by atoms with van der Waals surface area (Å²) in [6, 6.07) is 4.71. The van der Waals surface area contributed by atoms with E-state index in [4.69, 9.17) is 4.98 Å². The van der Waals surface area contributed by atoms with Crippen LogP contribution >= 0.6 is 0 Å². The summed E-state index contributed by atoms with van der Waals surface area (Å²) in [6.45, 7) is 4.40. The molecule has 2 aromatic heterocycles. The van der Waals surface area contributed by atoms with Crippen molar-refractivity contribution < 1.29 is 0 Å². The fraction of sp³-hybridized carbons (Fsp3) is 0.625. The molecule has 1 unspecified atom stereocenters. The third-order valence-electron chi connectivity index (χ3n) is 4.16. The number of piperidine rings is 1. The standard InChI is InChI=1S/C16H24N4/c1-2-12-20-15(9-8-13-6-3-4-10-17-13)19-14-7-5-11-18-16(14)20/h5,7,11,13,17H,2-4,6,8-10,12H2,1H3. The molecule has 4 nitrogen and oxygen atoms in total. The largest absolute Gasteiger partial charge is 0.314 e. The second kappa shape index (κ2) is 6.35. The lowest BCUT2D eigenvalue weighted by molar-refractivity contribution is 0.379. The maximum atomic E-state index is 4.79. The highest BCUT2D eigenvalue weighted by atomic mass is 15.1. The third-order valence-corrected chi connectivity index (χ3v) is 4.16. The van der Waals surface area contributed by atoms with Crippen LogP contribution < -0.4 is 5.32 Å². The monoisotopic (exact) mass is 272 g/mol. The van der Waals surface area contributed by atoms with Crippen molar-refractivity contribution in [3.05, 3.63) is 24.2 Å². The van der Waals surface area contributed by atoms with E-state index in [0.717, 1.165) is 30.6 Å². The highest BCUT2D eigenvalue weighted by Gasteiger charge is 2.15. The zero-order valence-corrected chi connectivity index (χ0v) is 12.3. The normalized spacial score (nSPS) is 19.6. The molecule has 0 saturated carbocycles. The Kier molecular flexibility index (Phi) is 4.31. The number of imidazole rings is 1. The lowest BCUT2D eigenvalue weighted by atomic mass is 10.0. The highest BCUT2D eigenvalue weighted by Crippen LogP contribution is 2.18.